The van der Waals surface area contributed by atoms with Crippen LogP contribution in [0, 0.1) is 17.7 Å². The maximum Gasteiger partial charge on any atom is 0.433 e. The van der Waals surface area contributed by atoms with E-state index < -0.39 is 11.9 Å². The predicted molar refractivity (Wildman–Crippen MR) is 118 cm³/mol. The van der Waals surface area contributed by atoms with Crippen molar-refractivity contribution in [3.8, 4) is 23.3 Å². The molecule has 0 saturated carbocycles. The Morgan fingerprint density at radius 1 is 0.853 bits per heavy atom. The minimum absolute atomic E-state index is 0.00603. The third kappa shape index (κ3) is 5.98. The lowest BCUT2D eigenvalue weighted by atomic mass is 10.2. The molecule has 0 amide bonds. The molecular formula is C24H15F4N5O. The summed E-state index contributed by atoms with van der Waals surface area (Å²) in [5.41, 5.74) is 6.32. The molecule has 0 spiro atoms. The van der Waals surface area contributed by atoms with Gasteiger partial charge in [0.1, 0.15) is 34.5 Å². The number of nitrogens with zero attached hydrogens (tertiary/aromatic N) is 3. The Kier molecular flexibility index (Phi) is 6.27. The average Bonchev–Trinajstić information content (AvgIpc) is 2.79. The van der Waals surface area contributed by atoms with Gasteiger partial charge in [-0.25, -0.2) is 9.37 Å². The number of nitrogens with two attached hydrogens (primary N) is 1. The molecule has 2 aromatic carbocycles. The second kappa shape index (κ2) is 9.46. The first-order valence-corrected chi connectivity index (χ1v) is 9.75. The summed E-state index contributed by atoms with van der Waals surface area (Å²) in [6.45, 7) is 0. The highest BCUT2D eigenvalue weighted by molar-refractivity contribution is 5.59. The topological polar surface area (TPSA) is 86.0 Å². The fourth-order valence-corrected chi connectivity index (χ4v) is 2.78. The third-order valence-corrected chi connectivity index (χ3v) is 4.31. The standard InChI is InChI=1S/C24H15F4N5O/c25-16-4-1-15(2-5-16)3-6-18-13-22(33-23(29)32-18)31-17-7-9-19(10-8-17)34-20-11-12-30-21(14-20)24(26,27)28/h1-2,4-5,7-14H,(H3,29,31,32,33). The number of nitrogen functional groups attached to an aromatic ring is 1. The van der Waals surface area contributed by atoms with Gasteiger partial charge in [0.15, 0.2) is 0 Å². The van der Waals surface area contributed by atoms with Crippen LogP contribution in [0.3, 0.4) is 0 Å². The Morgan fingerprint density at radius 2 is 1.59 bits per heavy atom. The largest absolute Gasteiger partial charge is 0.457 e. The molecule has 6 nitrogen and oxygen atoms in total. The van der Waals surface area contributed by atoms with E-state index in [0.29, 0.717) is 28.5 Å². The molecule has 0 aliphatic rings. The van der Waals surface area contributed by atoms with E-state index in [9.17, 15) is 17.6 Å². The summed E-state index contributed by atoms with van der Waals surface area (Å²) in [7, 11) is 0. The smallest absolute Gasteiger partial charge is 0.433 e. The quantitative estimate of drug-likeness (QED) is 0.304. The minimum Gasteiger partial charge on any atom is -0.457 e. The predicted octanol–water partition coefficient (Wildman–Crippen LogP) is 5.55. The first-order valence-electron chi connectivity index (χ1n) is 9.75. The number of anilines is 3. The molecule has 0 fully saturated rings. The van der Waals surface area contributed by atoms with E-state index in [1.165, 1.54) is 18.2 Å². The lowest BCUT2D eigenvalue weighted by Gasteiger charge is -2.10. The lowest BCUT2D eigenvalue weighted by Crippen LogP contribution is -2.07. The van der Waals surface area contributed by atoms with Crippen LogP contribution in [-0.2, 0) is 6.18 Å². The third-order valence-electron chi connectivity index (χ3n) is 4.31. The molecule has 2 heterocycles. The molecule has 0 bridgehead atoms. The van der Waals surface area contributed by atoms with Gasteiger partial charge in [0, 0.05) is 29.6 Å². The van der Waals surface area contributed by atoms with Crippen molar-refractivity contribution in [2.75, 3.05) is 11.1 Å². The number of alkyl halides is 3. The van der Waals surface area contributed by atoms with Gasteiger partial charge in [0.05, 0.1) is 0 Å². The first-order chi connectivity index (χ1) is 16.2. The molecule has 0 aliphatic heterocycles. The van der Waals surface area contributed by atoms with Crippen molar-refractivity contribution in [3.63, 3.8) is 0 Å². The van der Waals surface area contributed by atoms with E-state index in [2.05, 4.69) is 32.1 Å². The van der Waals surface area contributed by atoms with Crippen LogP contribution in [0.5, 0.6) is 11.5 Å². The van der Waals surface area contributed by atoms with Crippen molar-refractivity contribution in [3.05, 3.63) is 95.7 Å². The average molecular weight is 465 g/mol. The number of nitrogens with one attached hydrogen (secondary N) is 1. The minimum atomic E-state index is -4.56. The Hall–Kier alpha value is -4.65. The maximum atomic E-state index is 13.0. The number of halogens is 4. The normalized spacial score (nSPS) is 10.8. The van der Waals surface area contributed by atoms with E-state index in [-0.39, 0.29) is 17.5 Å². The molecule has 0 unspecified atom stereocenters. The summed E-state index contributed by atoms with van der Waals surface area (Å²) in [6.07, 6.45) is -3.53. The molecule has 10 heteroatoms. The number of rotatable bonds is 4. The Morgan fingerprint density at radius 3 is 2.29 bits per heavy atom. The van der Waals surface area contributed by atoms with E-state index in [1.54, 1.807) is 42.5 Å². The fourth-order valence-electron chi connectivity index (χ4n) is 2.78. The Labute approximate surface area is 191 Å². The second-order valence-corrected chi connectivity index (χ2v) is 6.88. The second-order valence-electron chi connectivity index (χ2n) is 6.88. The van der Waals surface area contributed by atoms with Crippen molar-refractivity contribution in [1.29, 1.82) is 0 Å². The fraction of sp³-hybridized carbons (Fsp3) is 0.0417. The molecule has 4 aromatic rings. The van der Waals surface area contributed by atoms with Crippen LogP contribution >= 0.6 is 0 Å². The number of hydrogen-bond donors (Lipinski definition) is 2. The van der Waals surface area contributed by atoms with Crippen LogP contribution in [0.4, 0.5) is 35.0 Å². The van der Waals surface area contributed by atoms with E-state index in [1.807, 2.05) is 0 Å². The van der Waals surface area contributed by atoms with Gasteiger partial charge in [-0.2, -0.15) is 18.2 Å². The highest BCUT2D eigenvalue weighted by Gasteiger charge is 2.32. The molecule has 0 atom stereocenters. The monoisotopic (exact) mass is 465 g/mol. The number of pyridine rings is 1. The molecular weight excluding hydrogens is 450 g/mol. The molecule has 170 valence electrons. The SMILES string of the molecule is Nc1nc(C#Cc2ccc(F)cc2)cc(Nc2ccc(Oc3ccnc(C(F)(F)F)c3)cc2)n1. The summed E-state index contributed by atoms with van der Waals surface area (Å²) in [5.74, 6) is 6.09. The van der Waals surface area contributed by atoms with Crippen LogP contribution in [0.2, 0.25) is 0 Å². The molecule has 0 radical (unpaired) electrons. The van der Waals surface area contributed by atoms with Gasteiger partial charge < -0.3 is 15.8 Å². The molecule has 0 saturated heterocycles. The van der Waals surface area contributed by atoms with E-state index in [0.717, 1.165) is 12.3 Å². The maximum absolute atomic E-state index is 13.0. The molecule has 0 aliphatic carbocycles. The molecule has 4 rings (SSSR count). The summed E-state index contributed by atoms with van der Waals surface area (Å²) >= 11 is 0. The van der Waals surface area contributed by atoms with Crippen molar-refractivity contribution >= 4 is 17.5 Å². The number of ether oxygens (including phenoxy) is 1. The van der Waals surface area contributed by atoms with Crippen molar-refractivity contribution in [1.82, 2.24) is 15.0 Å². The number of aromatic nitrogens is 3. The van der Waals surface area contributed by atoms with Crippen LogP contribution in [-0.4, -0.2) is 15.0 Å². The molecule has 2 aromatic heterocycles. The van der Waals surface area contributed by atoms with E-state index in [4.69, 9.17) is 10.5 Å². The Balaban J connectivity index is 1.46. The van der Waals surface area contributed by atoms with E-state index >= 15 is 0 Å². The van der Waals surface area contributed by atoms with Gasteiger partial charge in [0.2, 0.25) is 5.95 Å². The zero-order valence-corrected chi connectivity index (χ0v) is 17.3. The number of hydrogen-bond acceptors (Lipinski definition) is 6. The summed E-state index contributed by atoms with van der Waals surface area (Å²) in [5, 5.41) is 3.05. The van der Waals surface area contributed by atoms with Crippen molar-refractivity contribution in [2.24, 2.45) is 0 Å². The molecule has 34 heavy (non-hydrogen) atoms. The van der Waals surface area contributed by atoms with Gasteiger partial charge in [-0.3, -0.25) is 4.98 Å². The summed E-state index contributed by atoms with van der Waals surface area (Å²) in [4.78, 5) is 11.5. The summed E-state index contributed by atoms with van der Waals surface area (Å²) in [6, 6.07) is 15.9. The van der Waals surface area contributed by atoms with Gasteiger partial charge in [-0.05, 0) is 60.5 Å². The van der Waals surface area contributed by atoms with Gasteiger partial charge in [-0.15, -0.1) is 0 Å². The number of benzene rings is 2. The van der Waals surface area contributed by atoms with Crippen molar-refractivity contribution in [2.45, 2.75) is 6.18 Å². The van der Waals surface area contributed by atoms with Crippen molar-refractivity contribution < 1.29 is 22.3 Å². The van der Waals surface area contributed by atoms with Gasteiger partial charge >= 0.3 is 6.18 Å². The van der Waals surface area contributed by atoms with Gasteiger partial charge in [0.25, 0.3) is 0 Å². The van der Waals surface area contributed by atoms with Crippen LogP contribution < -0.4 is 15.8 Å². The highest BCUT2D eigenvalue weighted by Crippen LogP contribution is 2.31. The molecule has 3 N–H and O–H groups in total. The van der Waals surface area contributed by atoms with Crippen LogP contribution in [0.1, 0.15) is 17.0 Å². The van der Waals surface area contributed by atoms with Crippen LogP contribution in [0.15, 0.2) is 72.9 Å². The highest BCUT2D eigenvalue weighted by atomic mass is 19.4. The van der Waals surface area contributed by atoms with Crippen LogP contribution in [0.25, 0.3) is 0 Å². The lowest BCUT2D eigenvalue weighted by molar-refractivity contribution is -0.141. The zero-order chi connectivity index (χ0) is 24.1. The first kappa shape index (κ1) is 22.5. The summed E-state index contributed by atoms with van der Waals surface area (Å²) < 4.78 is 56.9. The Bertz CT molecular complexity index is 1360. The van der Waals surface area contributed by atoms with Gasteiger partial charge in [-0.1, -0.05) is 5.92 Å². The zero-order valence-electron chi connectivity index (χ0n) is 17.3.